The van der Waals surface area contributed by atoms with Crippen LogP contribution in [0.3, 0.4) is 0 Å². The Labute approximate surface area is 190 Å². The van der Waals surface area contributed by atoms with Gasteiger partial charge in [-0.25, -0.2) is 4.79 Å². The predicted molar refractivity (Wildman–Crippen MR) is 123 cm³/mol. The molecule has 1 aromatic carbocycles. The average Bonchev–Trinajstić information content (AvgIpc) is 3.47. The van der Waals surface area contributed by atoms with Crippen LogP contribution in [-0.4, -0.2) is 28.2 Å². The Balaban J connectivity index is 1.32. The van der Waals surface area contributed by atoms with Gasteiger partial charge in [0.25, 0.3) is 5.91 Å². The Hall–Kier alpha value is -4.07. The number of para-hydroxylation sites is 1. The zero-order valence-corrected chi connectivity index (χ0v) is 18.9. The fourth-order valence-corrected chi connectivity index (χ4v) is 3.68. The molecule has 0 aliphatic rings. The van der Waals surface area contributed by atoms with Gasteiger partial charge in [-0.2, -0.15) is 0 Å². The van der Waals surface area contributed by atoms with Crippen molar-refractivity contribution in [3.8, 4) is 5.82 Å². The third kappa shape index (κ3) is 4.90. The molecule has 0 spiro atoms. The largest absolute Gasteiger partial charge is 0.459 e. The molecule has 0 saturated heterocycles. The molecule has 0 aliphatic carbocycles. The van der Waals surface area contributed by atoms with Crippen LogP contribution in [0.4, 0.5) is 0 Å². The first kappa shape index (κ1) is 22.1. The van der Waals surface area contributed by atoms with E-state index in [1.807, 2.05) is 74.7 Å². The van der Waals surface area contributed by atoms with Gasteiger partial charge in [-0.1, -0.05) is 23.4 Å². The van der Waals surface area contributed by atoms with Crippen LogP contribution in [0.2, 0.25) is 0 Å². The molecule has 170 valence electrons. The Kier molecular flexibility index (Phi) is 6.17. The summed E-state index contributed by atoms with van der Waals surface area (Å²) in [7, 11) is 0. The summed E-state index contributed by atoms with van der Waals surface area (Å²) in [5, 5.41) is 7.78. The molecule has 4 aromatic rings. The summed E-state index contributed by atoms with van der Waals surface area (Å²) in [6.45, 7) is 7.12. The van der Waals surface area contributed by atoms with Crippen molar-refractivity contribution in [1.82, 2.24) is 15.0 Å². The third-order valence-electron chi connectivity index (χ3n) is 5.31. The van der Waals surface area contributed by atoms with Crippen molar-refractivity contribution >= 4 is 28.9 Å². The van der Waals surface area contributed by atoms with Crippen LogP contribution in [0.15, 0.2) is 57.5 Å². The number of carbonyl (C=O) groups excluding carboxylic acids is 2. The highest BCUT2D eigenvalue weighted by atomic mass is 16.5. The second kappa shape index (κ2) is 9.20. The van der Waals surface area contributed by atoms with Gasteiger partial charge in [-0.3, -0.25) is 9.36 Å². The number of amides is 1. The molecular weight excluding hydrogens is 422 g/mol. The van der Waals surface area contributed by atoms with E-state index in [2.05, 4.69) is 10.5 Å². The SMILES string of the molecule is Cc1cc(-n2c(C)cc(/C=C/C(=O)OCC(=O)NC(C)c3cc4ccccc4o3)c2C)no1. The molecular formula is C25H25N3O5. The Morgan fingerprint density at radius 2 is 1.97 bits per heavy atom. The molecule has 4 rings (SSSR count). The van der Waals surface area contributed by atoms with Crippen molar-refractivity contribution in [2.45, 2.75) is 33.7 Å². The number of furan rings is 1. The van der Waals surface area contributed by atoms with Crippen molar-refractivity contribution in [3.05, 3.63) is 77.0 Å². The molecule has 0 fully saturated rings. The van der Waals surface area contributed by atoms with Gasteiger partial charge in [-0.15, -0.1) is 0 Å². The number of benzene rings is 1. The van der Waals surface area contributed by atoms with E-state index in [0.717, 1.165) is 27.9 Å². The maximum Gasteiger partial charge on any atom is 0.331 e. The first-order chi connectivity index (χ1) is 15.8. The van der Waals surface area contributed by atoms with Crippen LogP contribution in [0.1, 0.15) is 41.4 Å². The molecule has 8 nitrogen and oxygen atoms in total. The molecule has 1 unspecified atom stereocenters. The van der Waals surface area contributed by atoms with Crippen molar-refractivity contribution < 1.29 is 23.3 Å². The lowest BCUT2D eigenvalue weighted by atomic mass is 10.2. The lowest BCUT2D eigenvalue weighted by molar-refractivity contribution is -0.144. The van der Waals surface area contributed by atoms with Crippen LogP contribution in [0, 0.1) is 20.8 Å². The van der Waals surface area contributed by atoms with Crippen LogP contribution in [0.25, 0.3) is 22.9 Å². The summed E-state index contributed by atoms with van der Waals surface area (Å²) in [5.41, 5.74) is 3.45. The summed E-state index contributed by atoms with van der Waals surface area (Å²) in [5.74, 6) is 1.01. The number of esters is 1. The van der Waals surface area contributed by atoms with Crippen LogP contribution < -0.4 is 5.32 Å². The first-order valence-electron chi connectivity index (χ1n) is 10.6. The molecule has 33 heavy (non-hydrogen) atoms. The normalized spacial score (nSPS) is 12.4. The molecule has 0 bridgehead atoms. The molecule has 0 saturated carbocycles. The zero-order chi connectivity index (χ0) is 23.5. The summed E-state index contributed by atoms with van der Waals surface area (Å²) in [4.78, 5) is 24.3. The summed E-state index contributed by atoms with van der Waals surface area (Å²) in [6, 6.07) is 12.9. The average molecular weight is 447 g/mol. The summed E-state index contributed by atoms with van der Waals surface area (Å²) in [6.07, 6.45) is 2.96. The van der Waals surface area contributed by atoms with Crippen molar-refractivity contribution in [3.63, 3.8) is 0 Å². The van der Waals surface area contributed by atoms with Gasteiger partial charge < -0.3 is 19.0 Å². The minimum atomic E-state index is -0.608. The number of fused-ring (bicyclic) bond motifs is 1. The Morgan fingerprint density at radius 3 is 2.70 bits per heavy atom. The second-order valence-electron chi connectivity index (χ2n) is 7.87. The topological polar surface area (TPSA) is 99.5 Å². The Morgan fingerprint density at radius 1 is 1.18 bits per heavy atom. The number of aryl methyl sites for hydroxylation is 2. The number of hydrogen-bond donors (Lipinski definition) is 1. The standard InChI is InChI=1S/C25H25N3O5/c1-15-11-19(18(4)28(15)23-12-16(2)33-27-23)9-10-25(30)31-14-24(29)26-17(3)22-13-20-7-5-6-8-21(20)32-22/h5-13,17H,14H2,1-4H3,(H,26,29)/b10-9+. The van der Waals surface area contributed by atoms with Gasteiger partial charge in [0.15, 0.2) is 12.4 Å². The van der Waals surface area contributed by atoms with Crippen LogP contribution in [-0.2, 0) is 14.3 Å². The zero-order valence-electron chi connectivity index (χ0n) is 18.9. The molecule has 1 amide bonds. The number of carbonyl (C=O) groups is 2. The highest BCUT2D eigenvalue weighted by Crippen LogP contribution is 2.24. The quantitative estimate of drug-likeness (QED) is 0.329. The van der Waals surface area contributed by atoms with Crippen LogP contribution in [0.5, 0.6) is 0 Å². The molecule has 0 aliphatic heterocycles. The number of ether oxygens (including phenoxy) is 1. The van der Waals surface area contributed by atoms with Gasteiger partial charge >= 0.3 is 5.97 Å². The monoisotopic (exact) mass is 447 g/mol. The van der Waals surface area contributed by atoms with Gasteiger partial charge in [0.2, 0.25) is 0 Å². The second-order valence-corrected chi connectivity index (χ2v) is 7.87. The highest BCUT2D eigenvalue weighted by Gasteiger charge is 2.16. The number of nitrogens with zero attached hydrogens (tertiary/aromatic N) is 2. The molecule has 1 N–H and O–H groups in total. The molecule has 1 atom stereocenters. The molecule has 8 heteroatoms. The lowest BCUT2D eigenvalue weighted by Gasteiger charge is -2.11. The van der Waals surface area contributed by atoms with Crippen molar-refractivity contribution in [2.75, 3.05) is 6.61 Å². The van der Waals surface area contributed by atoms with E-state index in [0.29, 0.717) is 17.3 Å². The predicted octanol–water partition coefficient (Wildman–Crippen LogP) is 4.57. The number of hydrogen-bond acceptors (Lipinski definition) is 6. The van der Waals surface area contributed by atoms with E-state index in [9.17, 15) is 9.59 Å². The maximum absolute atomic E-state index is 12.2. The highest BCUT2D eigenvalue weighted by molar-refractivity contribution is 5.89. The van der Waals surface area contributed by atoms with Gasteiger partial charge in [0.05, 0.1) is 6.04 Å². The first-order valence-corrected chi connectivity index (χ1v) is 10.6. The van der Waals surface area contributed by atoms with Crippen LogP contribution >= 0.6 is 0 Å². The van der Waals surface area contributed by atoms with E-state index >= 15 is 0 Å². The van der Waals surface area contributed by atoms with Crippen molar-refractivity contribution in [1.29, 1.82) is 0 Å². The fourth-order valence-electron chi connectivity index (χ4n) is 3.68. The van der Waals surface area contributed by atoms with Gasteiger partial charge in [0.1, 0.15) is 17.1 Å². The number of aromatic nitrogens is 2. The van der Waals surface area contributed by atoms with E-state index in [-0.39, 0.29) is 12.6 Å². The van der Waals surface area contributed by atoms with Crippen molar-refractivity contribution in [2.24, 2.45) is 0 Å². The molecule has 3 aromatic heterocycles. The van der Waals surface area contributed by atoms with Gasteiger partial charge in [-0.05, 0) is 57.5 Å². The van der Waals surface area contributed by atoms with E-state index < -0.39 is 11.9 Å². The summed E-state index contributed by atoms with van der Waals surface area (Å²) >= 11 is 0. The minimum Gasteiger partial charge on any atom is -0.459 e. The summed E-state index contributed by atoms with van der Waals surface area (Å²) < 4.78 is 17.9. The Bertz CT molecular complexity index is 1310. The maximum atomic E-state index is 12.2. The number of nitrogens with one attached hydrogen (secondary N) is 1. The van der Waals surface area contributed by atoms with E-state index in [1.165, 1.54) is 6.08 Å². The van der Waals surface area contributed by atoms with E-state index in [4.69, 9.17) is 13.7 Å². The molecule has 0 radical (unpaired) electrons. The fraction of sp³-hybridized carbons (Fsp3) is 0.240. The minimum absolute atomic E-state index is 0.357. The van der Waals surface area contributed by atoms with Gasteiger partial charge in [0, 0.05) is 28.9 Å². The smallest absolute Gasteiger partial charge is 0.331 e. The molecule has 3 heterocycles. The third-order valence-corrected chi connectivity index (χ3v) is 5.31. The lowest BCUT2D eigenvalue weighted by Crippen LogP contribution is -2.30. The number of rotatable bonds is 7. The van der Waals surface area contributed by atoms with E-state index in [1.54, 1.807) is 6.08 Å².